The van der Waals surface area contributed by atoms with Crippen molar-refractivity contribution in [2.45, 2.75) is 13.5 Å². The van der Waals surface area contributed by atoms with Crippen LogP contribution in [0.5, 0.6) is 17.2 Å². The van der Waals surface area contributed by atoms with E-state index >= 15 is 0 Å². The van der Waals surface area contributed by atoms with Crippen molar-refractivity contribution in [3.63, 3.8) is 0 Å². The number of rotatable bonds is 8. The molecule has 1 amide bonds. The average Bonchev–Trinajstić information content (AvgIpc) is 3.12. The first-order chi connectivity index (χ1) is 16.9. The lowest BCUT2D eigenvalue weighted by molar-refractivity contribution is -0.113. The molecule has 0 unspecified atom stereocenters. The summed E-state index contributed by atoms with van der Waals surface area (Å²) in [4.78, 5) is 15.1. The number of carbonyl (C=O) groups excluding carboxylic acids is 1. The maximum atomic E-state index is 14.1. The summed E-state index contributed by atoms with van der Waals surface area (Å²) in [7, 11) is 1.51. The molecule has 0 atom stereocenters. The quantitative estimate of drug-likeness (QED) is 0.234. The van der Waals surface area contributed by atoms with Crippen molar-refractivity contribution in [3.8, 4) is 17.2 Å². The Hall–Kier alpha value is -3.07. The minimum Gasteiger partial charge on any atom is -0.494 e. The molecule has 1 fully saturated rings. The summed E-state index contributed by atoms with van der Waals surface area (Å²) in [5.74, 6) is 0.907. The first-order valence-corrected chi connectivity index (χ1v) is 12.3. The van der Waals surface area contributed by atoms with Gasteiger partial charge in [-0.05, 0) is 67.1 Å². The molecule has 1 saturated heterocycles. The number of thioether (sulfide) groups is 1. The van der Waals surface area contributed by atoms with Gasteiger partial charge < -0.3 is 14.2 Å². The highest BCUT2D eigenvalue weighted by atomic mass is 35.5. The van der Waals surface area contributed by atoms with Gasteiger partial charge in [0.25, 0.3) is 5.91 Å². The van der Waals surface area contributed by atoms with Crippen molar-refractivity contribution in [1.82, 2.24) is 0 Å². The molecule has 180 valence electrons. The van der Waals surface area contributed by atoms with Crippen LogP contribution in [0.3, 0.4) is 0 Å². The number of carbonyl (C=O) groups is 1. The van der Waals surface area contributed by atoms with Gasteiger partial charge >= 0.3 is 0 Å². The minimum absolute atomic E-state index is 0.0782. The topological polar surface area (TPSA) is 48.0 Å². The molecule has 1 aliphatic rings. The number of hydrogen-bond donors (Lipinski definition) is 0. The molecule has 1 heterocycles. The first kappa shape index (κ1) is 25.0. The number of halogens is 2. The van der Waals surface area contributed by atoms with Crippen LogP contribution in [0, 0.1) is 5.82 Å². The lowest BCUT2D eigenvalue weighted by Gasteiger charge is -2.15. The lowest BCUT2D eigenvalue weighted by atomic mass is 10.1. The maximum absolute atomic E-state index is 14.1. The highest BCUT2D eigenvalue weighted by Crippen LogP contribution is 2.38. The number of nitrogens with zero attached hydrogens (tertiary/aromatic N) is 1. The van der Waals surface area contributed by atoms with Crippen molar-refractivity contribution < 1.29 is 23.4 Å². The Bertz CT molecular complexity index is 1280. The van der Waals surface area contributed by atoms with Gasteiger partial charge in [0, 0.05) is 5.56 Å². The fourth-order valence-corrected chi connectivity index (χ4v) is 4.93. The highest BCUT2D eigenvalue weighted by molar-refractivity contribution is 8.27. The Morgan fingerprint density at radius 2 is 1.86 bits per heavy atom. The van der Waals surface area contributed by atoms with Crippen LogP contribution in [0.15, 0.2) is 65.6 Å². The van der Waals surface area contributed by atoms with Crippen molar-refractivity contribution >= 4 is 57.6 Å². The highest BCUT2D eigenvalue weighted by Gasteiger charge is 2.33. The summed E-state index contributed by atoms with van der Waals surface area (Å²) in [5, 5.41) is 0.276. The van der Waals surface area contributed by atoms with E-state index in [-0.39, 0.29) is 23.1 Å². The fraction of sp³-hybridized carbons (Fsp3) is 0.154. The maximum Gasteiger partial charge on any atom is 0.270 e. The molecule has 5 nitrogen and oxygen atoms in total. The molecular weight excluding hydrogens is 509 g/mol. The van der Waals surface area contributed by atoms with Gasteiger partial charge in [-0.25, -0.2) is 4.39 Å². The van der Waals surface area contributed by atoms with Gasteiger partial charge in [0.05, 0.1) is 29.3 Å². The molecule has 1 aliphatic heterocycles. The van der Waals surface area contributed by atoms with Crippen LogP contribution in [0.1, 0.15) is 18.1 Å². The number of methoxy groups -OCH3 is 1. The van der Waals surface area contributed by atoms with E-state index < -0.39 is 5.82 Å². The molecule has 0 N–H and O–H groups in total. The van der Waals surface area contributed by atoms with Gasteiger partial charge in [-0.15, -0.1) is 0 Å². The number of hydrogen-bond acceptors (Lipinski definition) is 6. The Kier molecular flexibility index (Phi) is 7.95. The van der Waals surface area contributed by atoms with Gasteiger partial charge in [0.1, 0.15) is 18.2 Å². The Morgan fingerprint density at radius 1 is 1.09 bits per heavy atom. The minimum atomic E-state index is -0.453. The van der Waals surface area contributed by atoms with Gasteiger partial charge in [-0.2, -0.15) is 0 Å². The van der Waals surface area contributed by atoms with Crippen LogP contribution in [0.2, 0.25) is 5.02 Å². The van der Waals surface area contributed by atoms with Gasteiger partial charge in [-0.3, -0.25) is 9.69 Å². The zero-order valence-electron chi connectivity index (χ0n) is 18.9. The van der Waals surface area contributed by atoms with Crippen molar-refractivity contribution in [3.05, 3.63) is 87.5 Å². The van der Waals surface area contributed by atoms with Crippen molar-refractivity contribution in [2.75, 3.05) is 18.6 Å². The summed E-state index contributed by atoms with van der Waals surface area (Å²) < 4.78 is 31.2. The summed E-state index contributed by atoms with van der Waals surface area (Å²) in [5.41, 5.74) is 1.62. The van der Waals surface area contributed by atoms with E-state index in [2.05, 4.69) is 0 Å². The van der Waals surface area contributed by atoms with E-state index in [1.807, 2.05) is 6.92 Å². The van der Waals surface area contributed by atoms with Gasteiger partial charge in [-0.1, -0.05) is 47.7 Å². The predicted octanol–water partition coefficient (Wildman–Crippen LogP) is 6.87. The SMILES string of the molecule is CCOc1ccc(N2C(=O)/C(=C\c3ccc(OC)c(OCc4c(F)cccc4Cl)c3)SC2=S)cc1. The van der Waals surface area contributed by atoms with E-state index in [0.29, 0.717) is 38.6 Å². The lowest BCUT2D eigenvalue weighted by Crippen LogP contribution is -2.27. The third kappa shape index (κ3) is 5.61. The summed E-state index contributed by atoms with van der Waals surface area (Å²) in [6.45, 7) is 2.39. The Balaban J connectivity index is 1.56. The van der Waals surface area contributed by atoms with Crippen LogP contribution >= 0.6 is 35.6 Å². The van der Waals surface area contributed by atoms with Crippen LogP contribution in [-0.2, 0) is 11.4 Å². The number of thiocarbonyl (C=S) groups is 1. The molecule has 0 spiro atoms. The number of benzene rings is 3. The van der Waals surface area contributed by atoms with Crippen molar-refractivity contribution in [2.24, 2.45) is 0 Å². The van der Waals surface area contributed by atoms with Gasteiger partial charge in [0.15, 0.2) is 15.8 Å². The van der Waals surface area contributed by atoms with Crippen LogP contribution in [0.4, 0.5) is 10.1 Å². The zero-order chi connectivity index (χ0) is 24.9. The molecule has 0 bridgehead atoms. The summed E-state index contributed by atoms with van der Waals surface area (Å²) in [6.07, 6.45) is 1.73. The molecule has 4 rings (SSSR count). The fourth-order valence-electron chi connectivity index (χ4n) is 3.42. The second kappa shape index (κ2) is 11.1. The second-order valence-corrected chi connectivity index (χ2v) is 9.43. The molecule has 35 heavy (non-hydrogen) atoms. The smallest absolute Gasteiger partial charge is 0.270 e. The molecular formula is C26H21ClFNO4S2. The average molecular weight is 530 g/mol. The molecule has 3 aromatic rings. The molecule has 9 heteroatoms. The predicted molar refractivity (Wildman–Crippen MR) is 142 cm³/mol. The molecule has 0 aliphatic carbocycles. The standard InChI is InChI=1S/C26H21ClFNO4S2/c1-3-32-18-10-8-17(9-11-18)29-25(30)24(35-26(29)34)14-16-7-12-22(31-2)23(13-16)33-15-19-20(27)5-4-6-21(19)28/h4-14H,3,15H2,1-2H3/b24-14+. The normalized spacial score (nSPS) is 14.5. The van der Waals surface area contributed by atoms with E-state index in [9.17, 15) is 9.18 Å². The van der Waals surface area contributed by atoms with Crippen LogP contribution in [-0.4, -0.2) is 23.9 Å². The van der Waals surface area contributed by atoms with Crippen LogP contribution in [0.25, 0.3) is 6.08 Å². The molecule has 3 aromatic carbocycles. The van der Waals surface area contributed by atoms with E-state index in [0.717, 1.165) is 5.75 Å². The van der Waals surface area contributed by atoms with Crippen LogP contribution < -0.4 is 19.1 Å². The third-order valence-corrected chi connectivity index (χ3v) is 6.78. The van der Waals surface area contributed by atoms with E-state index in [1.54, 1.807) is 54.6 Å². The monoisotopic (exact) mass is 529 g/mol. The zero-order valence-corrected chi connectivity index (χ0v) is 21.3. The van der Waals surface area contributed by atoms with Crippen molar-refractivity contribution in [1.29, 1.82) is 0 Å². The first-order valence-electron chi connectivity index (χ1n) is 10.7. The second-order valence-electron chi connectivity index (χ2n) is 7.34. The summed E-state index contributed by atoms with van der Waals surface area (Å²) in [6, 6.07) is 16.9. The number of anilines is 1. The number of ether oxygens (including phenoxy) is 3. The van der Waals surface area contributed by atoms with Gasteiger partial charge in [0.2, 0.25) is 0 Å². The Labute approximate surface area is 217 Å². The molecule has 0 radical (unpaired) electrons. The third-order valence-electron chi connectivity index (χ3n) is 5.12. The largest absolute Gasteiger partial charge is 0.494 e. The summed E-state index contributed by atoms with van der Waals surface area (Å²) >= 11 is 12.8. The Morgan fingerprint density at radius 3 is 2.54 bits per heavy atom. The van der Waals surface area contributed by atoms with E-state index in [1.165, 1.54) is 35.9 Å². The molecule has 0 aromatic heterocycles. The molecule has 0 saturated carbocycles. The number of amides is 1. The van der Waals surface area contributed by atoms with E-state index in [4.69, 9.17) is 38.0 Å².